The van der Waals surface area contributed by atoms with Crippen LogP contribution in [0.1, 0.15) is 19.2 Å². The van der Waals surface area contributed by atoms with Crippen molar-refractivity contribution in [2.45, 2.75) is 26.8 Å². The monoisotopic (exact) mass is 151 g/mol. The number of imidazole rings is 1. The normalized spacial score (nSPS) is 10.0. The molecule has 1 heterocycles. The molecule has 2 nitrogen and oxygen atoms in total. The first-order chi connectivity index (χ1) is 5.29. The Hall–Kier alpha value is -1.05. The molecule has 1 aromatic heterocycles. The largest absolute Gasteiger partial charge is 0.257 e. The third-order valence-corrected chi connectivity index (χ3v) is 1.86. The maximum absolute atomic E-state index is 3.71. The van der Waals surface area contributed by atoms with Crippen LogP contribution in [0.2, 0.25) is 0 Å². The molecule has 60 valence electrons. The van der Waals surface area contributed by atoms with Crippen LogP contribution < -0.4 is 4.57 Å². The molecule has 0 N–H and O–H groups in total. The van der Waals surface area contributed by atoms with E-state index in [-0.39, 0.29) is 0 Å². The van der Waals surface area contributed by atoms with Gasteiger partial charge in [0.1, 0.15) is 12.4 Å². The lowest BCUT2D eigenvalue weighted by atomic mass is 10.5. The lowest BCUT2D eigenvalue weighted by Gasteiger charge is -1.93. The Morgan fingerprint density at radius 2 is 2.45 bits per heavy atom. The molecular formula is C9H15N2+. The van der Waals surface area contributed by atoms with Crippen molar-refractivity contribution in [1.29, 1.82) is 0 Å². The minimum Gasteiger partial charge on any atom is -0.234 e. The van der Waals surface area contributed by atoms with Crippen LogP contribution in [0.5, 0.6) is 0 Å². The van der Waals surface area contributed by atoms with Gasteiger partial charge in [0.25, 0.3) is 5.82 Å². The highest BCUT2D eigenvalue weighted by Crippen LogP contribution is 1.93. The predicted molar refractivity (Wildman–Crippen MR) is 46.0 cm³/mol. The van der Waals surface area contributed by atoms with Crippen LogP contribution >= 0.6 is 0 Å². The summed E-state index contributed by atoms with van der Waals surface area (Å²) >= 11 is 0. The predicted octanol–water partition coefficient (Wildman–Crippen LogP) is 1.59. The van der Waals surface area contributed by atoms with Gasteiger partial charge in [0.05, 0.1) is 12.7 Å². The first kappa shape index (κ1) is 8.05. The molecule has 0 unspecified atom stereocenters. The quantitative estimate of drug-likeness (QED) is 0.580. The maximum Gasteiger partial charge on any atom is 0.257 e. The first-order valence-electron chi connectivity index (χ1n) is 3.99. The van der Waals surface area contributed by atoms with Gasteiger partial charge in [0.2, 0.25) is 0 Å². The van der Waals surface area contributed by atoms with Crippen LogP contribution in [0.4, 0.5) is 0 Å². The van der Waals surface area contributed by atoms with E-state index in [1.54, 1.807) is 0 Å². The lowest BCUT2D eigenvalue weighted by molar-refractivity contribution is -0.702. The first-order valence-corrected chi connectivity index (χ1v) is 3.99. The van der Waals surface area contributed by atoms with Crippen molar-refractivity contribution in [3.8, 4) is 0 Å². The Morgan fingerprint density at radius 1 is 1.73 bits per heavy atom. The minimum atomic E-state index is 1.09. The third-order valence-electron chi connectivity index (χ3n) is 1.86. The van der Waals surface area contributed by atoms with Gasteiger partial charge in [0, 0.05) is 6.92 Å². The Kier molecular flexibility index (Phi) is 2.47. The second kappa shape index (κ2) is 3.37. The fourth-order valence-corrected chi connectivity index (χ4v) is 1.19. The van der Waals surface area contributed by atoms with Crippen molar-refractivity contribution in [2.75, 3.05) is 0 Å². The number of aromatic nitrogens is 2. The van der Waals surface area contributed by atoms with Crippen molar-refractivity contribution in [2.24, 2.45) is 0 Å². The molecule has 0 radical (unpaired) electrons. The van der Waals surface area contributed by atoms with Gasteiger partial charge in [-0.3, -0.25) is 0 Å². The summed E-state index contributed by atoms with van der Waals surface area (Å²) in [5.74, 6) is 1.24. The van der Waals surface area contributed by atoms with E-state index < -0.39 is 0 Å². The summed E-state index contributed by atoms with van der Waals surface area (Å²) in [4.78, 5) is 0. The molecule has 0 saturated carbocycles. The molecule has 1 aromatic rings. The smallest absolute Gasteiger partial charge is 0.234 e. The summed E-state index contributed by atoms with van der Waals surface area (Å²) in [6.45, 7) is 9.08. The maximum atomic E-state index is 3.71. The Labute approximate surface area is 67.8 Å². The van der Waals surface area contributed by atoms with E-state index >= 15 is 0 Å². The van der Waals surface area contributed by atoms with E-state index in [4.69, 9.17) is 0 Å². The SMILES string of the molecule is C=Cn1cc[n+](CCC)c1C. The van der Waals surface area contributed by atoms with Crippen LogP contribution in [0, 0.1) is 6.92 Å². The minimum absolute atomic E-state index is 1.09. The Bertz CT molecular complexity index is 248. The van der Waals surface area contributed by atoms with Crippen LogP contribution in [0.15, 0.2) is 19.0 Å². The molecular weight excluding hydrogens is 136 g/mol. The molecule has 0 saturated heterocycles. The number of aryl methyl sites for hydroxylation is 1. The molecule has 2 heteroatoms. The summed E-state index contributed by atoms with van der Waals surface area (Å²) in [5.41, 5.74) is 0. The van der Waals surface area contributed by atoms with Crippen molar-refractivity contribution >= 4 is 6.20 Å². The third kappa shape index (κ3) is 1.50. The summed E-state index contributed by atoms with van der Waals surface area (Å²) in [5, 5.41) is 0. The van der Waals surface area contributed by atoms with Crippen LogP contribution in [-0.2, 0) is 6.54 Å². The number of hydrogen-bond donors (Lipinski definition) is 0. The van der Waals surface area contributed by atoms with E-state index in [1.807, 2.05) is 17.0 Å². The summed E-state index contributed by atoms with van der Waals surface area (Å²) in [6.07, 6.45) is 7.10. The van der Waals surface area contributed by atoms with Crippen molar-refractivity contribution in [3.05, 3.63) is 24.8 Å². The van der Waals surface area contributed by atoms with Crippen LogP contribution in [0.3, 0.4) is 0 Å². The summed E-state index contributed by atoms with van der Waals surface area (Å²) in [6, 6.07) is 0. The Morgan fingerprint density at radius 3 is 2.91 bits per heavy atom. The van der Waals surface area contributed by atoms with Gasteiger partial charge in [-0.1, -0.05) is 13.5 Å². The molecule has 11 heavy (non-hydrogen) atoms. The molecule has 0 aromatic carbocycles. The second-order valence-electron chi connectivity index (χ2n) is 2.63. The van der Waals surface area contributed by atoms with Gasteiger partial charge in [-0.15, -0.1) is 0 Å². The molecule has 0 aliphatic rings. The van der Waals surface area contributed by atoms with E-state index in [9.17, 15) is 0 Å². The highest BCUT2D eigenvalue weighted by atomic mass is 15.1. The lowest BCUT2D eigenvalue weighted by Crippen LogP contribution is -2.34. The summed E-state index contributed by atoms with van der Waals surface area (Å²) < 4.78 is 4.25. The van der Waals surface area contributed by atoms with Gasteiger partial charge in [-0.25, -0.2) is 9.13 Å². The van der Waals surface area contributed by atoms with Crippen LogP contribution in [-0.4, -0.2) is 4.57 Å². The molecule has 0 amide bonds. The van der Waals surface area contributed by atoms with E-state index in [2.05, 4.69) is 31.2 Å². The zero-order valence-corrected chi connectivity index (χ0v) is 7.25. The van der Waals surface area contributed by atoms with Gasteiger partial charge in [-0.05, 0) is 6.42 Å². The number of hydrogen-bond acceptors (Lipinski definition) is 0. The van der Waals surface area contributed by atoms with Gasteiger partial charge in [-0.2, -0.15) is 0 Å². The molecule has 0 spiro atoms. The molecule has 0 atom stereocenters. The average molecular weight is 151 g/mol. The Balaban J connectivity index is 2.90. The summed E-state index contributed by atoms with van der Waals surface area (Å²) in [7, 11) is 0. The highest BCUT2D eigenvalue weighted by molar-refractivity contribution is 5.16. The second-order valence-corrected chi connectivity index (χ2v) is 2.63. The molecule has 0 aliphatic carbocycles. The van der Waals surface area contributed by atoms with Crippen LogP contribution in [0.25, 0.3) is 6.20 Å². The van der Waals surface area contributed by atoms with Crippen molar-refractivity contribution in [3.63, 3.8) is 0 Å². The van der Waals surface area contributed by atoms with Gasteiger partial charge in [0.15, 0.2) is 0 Å². The van der Waals surface area contributed by atoms with Crippen molar-refractivity contribution < 1.29 is 4.57 Å². The highest BCUT2D eigenvalue weighted by Gasteiger charge is 2.07. The van der Waals surface area contributed by atoms with Crippen molar-refractivity contribution in [1.82, 2.24) is 4.57 Å². The number of nitrogens with zero attached hydrogens (tertiary/aromatic N) is 2. The standard InChI is InChI=1S/C9H15N2/c1-4-6-11-8-7-10(5-2)9(11)3/h5,7-8H,2,4,6H2,1,3H3/q+1. The van der Waals surface area contributed by atoms with Gasteiger partial charge < -0.3 is 0 Å². The van der Waals surface area contributed by atoms with Gasteiger partial charge >= 0.3 is 0 Å². The fourth-order valence-electron chi connectivity index (χ4n) is 1.19. The molecule has 0 fully saturated rings. The van der Waals surface area contributed by atoms with E-state index in [0.29, 0.717) is 0 Å². The molecule has 1 rings (SSSR count). The van der Waals surface area contributed by atoms with E-state index in [1.165, 1.54) is 12.2 Å². The molecule has 0 aliphatic heterocycles. The number of rotatable bonds is 3. The zero-order valence-electron chi connectivity index (χ0n) is 7.25. The topological polar surface area (TPSA) is 8.81 Å². The van der Waals surface area contributed by atoms with E-state index in [0.717, 1.165) is 6.54 Å². The molecule has 0 bridgehead atoms. The fraction of sp³-hybridized carbons (Fsp3) is 0.444. The zero-order chi connectivity index (χ0) is 8.27. The average Bonchev–Trinajstić information content (AvgIpc) is 2.34.